The summed E-state index contributed by atoms with van der Waals surface area (Å²) in [5.74, 6) is 0. The van der Waals surface area contributed by atoms with E-state index >= 15 is 0 Å². The minimum Gasteiger partial charge on any atom is -0.276 e. The smallest absolute Gasteiger partial charge is 0.170 e. The topological polar surface area (TPSA) is 52.5 Å². The van der Waals surface area contributed by atoms with Crippen molar-refractivity contribution in [3.63, 3.8) is 0 Å². The zero-order valence-electron chi connectivity index (χ0n) is 7.55. The summed E-state index contributed by atoms with van der Waals surface area (Å²) < 4.78 is 0. The van der Waals surface area contributed by atoms with Crippen LogP contribution >= 0.6 is 0 Å². The van der Waals surface area contributed by atoms with Crippen LogP contribution in [0.5, 0.6) is 0 Å². The maximum atomic E-state index is 8.81. The molecule has 1 aromatic carbocycles. The van der Waals surface area contributed by atoms with Crippen LogP contribution in [0.3, 0.4) is 0 Å². The van der Waals surface area contributed by atoms with E-state index in [9.17, 15) is 0 Å². The predicted octanol–water partition coefficient (Wildman–Crippen LogP) is 2.05. The number of aryl methyl sites for hydroxylation is 2. The molecule has 0 fully saturated rings. The fourth-order valence-corrected chi connectivity index (χ4v) is 1.47. The Hall–Kier alpha value is -1.82. The molecular formula is C10H9N3. The van der Waals surface area contributed by atoms with Gasteiger partial charge in [0, 0.05) is 5.39 Å². The van der Waals surface area contributed by atoms with E-state index in [-0.39, 0.29) is 0 Å². The molecule has 0 saturated heterocycles. The van der Waals surface area contributed by atoms with Gasteiger partial charge in [0.2, 0.25) is 0 Å². The lowest BCUT2D eigenvalue weighted by atomic mass is 10.0. The average Bonchev–Trinajstić information content (AvgIpc) is 2.55. The van der Waals surface area contributed by atoms with Crippen LogP contribution in [0.2, 0.25) is 0 Å². The Balaban J connectivity index is 2.95. The molecule has 3 heteroatoms. The minimum absolute atomic E-state index is 0.483. The highest BCUT2D eigenvalue weighted by molar-refractivity contribution is 5.87. The Labute approximate surface area is 76.0 Å². The zero-order chi connectivity index (χ0) is 9.42. The van der Waals surface area contributed by atoms with Crippen molar-refractivity contribution in [2.45, 2.75) is 13.8 Å². The van der Waals surface area contributed by atoms with Crippen LogP contribution in [0.15, 0.2) is 12.1 Å². The summed E-state index contributed by atoms with van der Waals surface area (Å²) in [6.45, 7) is 4.04. The maximum Gasteiger partial charge on any atom is 0.170 e. The number of nitrogens with one attached hydrogen (secondary N) is 1. The second-order valence-corrected chi connectivity index (χ2v) is 3.11. The molecule has 0 saturated carbocycles. The summed E-state index contributed by atoms with van der Waals surface area (Å²) >= 11 is 0. The molecule has 3 nitrogen and oxygen atoms in total. The van der Waals surface area contributed by atoms with Crippen LogP contribution in [-0.4, -0.2) is 10.2 Å². The molecule has 0 aliphatic rings. The van der Waals surface area contributed by atoms with Gasteiger partial charge < -0.3 is 0 Å². The van der Waals surface area contributed by atoms with Crippen LogP contribution in [-0.2, 0) is 0 Å². The average molecular weight is 171 g/mol. The number of nitrogens with zero attached hydrogens (tertiary/aromatic N) is 2. The van der Waals surface area contributed by atoms with Gasteiger partial charge in [-0.1, -0.05) is 6.07 Å². The third kappa shape index (κ3) is 0.994. The molecule has 13 heavy (non-hydrogen) atoms. The molecule has 0 aliphatic heterocycles. The Morgan fingerprint density at radius 2 is 2.15 bits per heavy atom. The van der Waals surface area contributed by atoms with E-state index in [2.05, 4.69) is 16.3 Å². The van der Waals surface area contributed by atoms with Crippen LogP contribution in [0.4, 0.5) is 0 Å². The predicted molar refractivity (Wildman–Crippen MR) is 50.3 cm³/mol. The molecule has 0 unspecified atom stereocenters. The number of hydrogen-bond donors (Lipinski definition) is 1. The Morgan fingerprint density at radius 3 is 2.85 bits per heavy atom. The van der Waals surface area contributed by atoms with Gasteiger partial charge in [-0.2, -0.15) is 10.4 Å². The molecule has 2 aromatic rings. The third-order valence-corrected chi connectivity index (χ3v) is 2.37. The van der Waals surface area contributed by atoms with Crippen molar-refractivity contribution >= 4 is 10.9 Å². The van der Waals surface area contributed by atoms with E-state index in [0.29, 0.717) is 5.69 Å². The Bertz CT molecular complexity index is 503. The summed E-state index contributed by atoms with van der Waals surface area (Å²) in [4.78, 5) is 0. The number of aromatic amines is 1. The van der Waals surface area contributed by atoms with Crippen LogP contribution in [0.1, 0.15) is 16.8 Å². The molecular weight excluding hydrogens is 162 g/mol. The number of benzene rings is 1. The molecule has 1 N–H and O–H groups in total. The first-order valence-corrected chi connectivity index (χ1v) is 4.08. The number of fused-ring (bicyclic) bond motifs is 1. The second kappa shape index (κ2) is 2.60. The monoisotopic (exact) mass is 171 g/mol. The first-order chi connectivity index (χ1) is 6.24. The molecule has 0 spiro atoms. The fourth-order valence-electron chi connectivity index (χ4n) is 1.47. The third-order valence-electron chi connectivity index (χ3n) is 2.37. The van der Waals surface area contributed by atoms with Crippen molar-refractivity contribution in [3.8, 4) is 6.07 Å². The van der Waals surface area contributed by atoms with Gasteiger partial charge in [0.25, 0.3) is 0 Å². The standard InChI is InChI=1S/C10H9N3/c1-6-3-4-8-10(7(6)2)9(5-11)13-12-8/h3-4H,1-2H3,(H,12,13). The highest BCUT2D eigenvalue weighted by Gasteiger charge is 2.08. The van der Waals surface area contributed by atoms with Crippen LogP contribution in [0.25, 0.3) is 10.9 Å². The fraction of sp³-hybridized carbons (Fsp3) is 0.200. The first kappa shape index (κ1) is 7.81. The quantitative estimate of drug-likeness (QED) is 0.659. The zero-order valence-corrected chi connectivity index (χ0v) is 7.55. The van der Waals surface area contributed by atoms with Crippen molar-refractivity contribution in [2.75, 3.05) is 0 Å². The molecule has 1 heterocycles. The molecule has 0 radical (unpaired) electrons. The van der Waals surface area contributed by atoms with Gasteiger partial charge in [-0.05, 0) is 31.0 Å². The Kier molecular flexibility index (Phi) is 1.56. The largest absolute Gasteiger partial charge is 0.276 e. The number of nitriles is 1. The van der Waals surface area contributed by atoms with E-state index in [1.165, 1.54) is 5.56 Å². The normalized spacial score (nSPS) is 10.2. The summed E-state index contributed by atoms with van der Waals surface area (Å²) in [6.07, 6.45) is 0. The second-order valence-electron chi connectivity index (χ2n) is 3.11. The van der Waals surface area contributed by atoms with Crippen molar-refractivity contribution in [2.24, 2.45) is 0 Å². The summed E-state index contributed by atoms with van der Waals surface area (Å²) in [7, 11) is 0. The SMILES string of the molecule is Cc1ccc2[nH]nc(C#N)c2c1C. The number of rotatable bonds is 0. The Morgan fingerprint density at radius 1 is 1.38 bits per heavy atom. The molecule has 0 aliphatic carbocycles. The van der Waals surface area contributed by atoms with Crippen molar-refractivity contribution in [3.05, 3.63) is 29.0 Å². The van der Waals surface area contributed by atoms with Crippen molar-refractivity contribution in [1.29, 1.82) is 5.26 Å². The van der Waals surface area contributed by atoms with E-state index in [1.807, 2.05) is 26.0 Å². The molecule has 0 atom stereocenters. The molecule has 0 amide bonds. The highest BCUT2D eigenvalue weighted by Crippen LogP contribution is 2.22. The molecule has 1 aromatic heterocycles. The maximum absolute atomic E-state index is 8.81. The van der Waals surface area contributed by atoms with Gasteiger partial charge >= 0.3 is 0 Å². The van der Waals surface area contributed by atoms with Gasteiger partial charge in [-0.15, -0.1) is 0 Å². The van der Waals surface area contributed by atoms with Crippen LogP contribution in [0, 0.1) is 25.2 Å². The van der Waals surface area contributed by atoms with Crippen molar-refractivity contribution < 1.29 is 0 Å². The van der Waals surface area contributed by atoms with Gasteiger partial charge in [-0.25, -0.2) is 0 Å². The van der Waals surface area contributed by atoms with Crippen molar-refractivity contribution in [1.82, 2.24) is 10.2 Å². The lowest BCUT2D eigenvalue weighted by Crippen LogP contribution is -1.83. The van der Waals surface area contributed by atoms with Gasteiger partial charge in [0.1, 0.15) is 6.07 Å². The lowest BCUT2D eigenvalue weighted by Gasteiger charge is -1.99. The summed E-state index contributed by atoms with van der Waals surface area (Å²) in [5, 5.41) is 16.5. The minimum atomic E-state index is 0.483. The number of H-pyrrole nitrogens is 1. The van der Waals surface area contributed by atoms with Gasteiger partial charge in [-0.3, -0.25) is 5.10 Å². The molecule has 2 rings (SSSR count). The first-order valence-electron chi connectivity index (χ1n) is 4.08. The lowest BCUT2D eigenvalue weighted by molar-refractivity contribution is 1.10. The summed E-state index contributed by atoms with van der Waals surface area (Å²) in [6, 6.07) is 6.05. The van der Waals surface area contributed by atoms with E-state index in [0.717, 1.165) is 16.5 Å². The van der Waals surface area contributed by atoms with E-state index in [1.54, 1.807) is 0 Å². The van der Waals surface area contributed by atoms with E-state index in [4.69, 9.17) is 5.26 Å². The highest BCUT2D eigenvalue weighted by atomic mass is 15.1. The molecule has 64 valence electrons. The van der Waals surface area contributed by atoms with Gasteiger partial charge in [0.05, 0.1) is 5.52 Å². The van der Waals surface area contributed by atoms with Gasteiger partial charge in [0.15, 0.2) is 5.69 Å². The molecule has 0 bridgehead atoms. The van der Waals surface area contributed by atoms with E-state index < -0.39 is 0 Å². The van der Waals surface area contributed by atoms with Crippen LogP contribution < -0.4 is 0 Å². The summed E-state index contributed by atoms with van der Waals surface area (Å²) in [5.41, 5.74) is 3.73. The number of aromatic nitrogens is 2. The number of hydrogen-bond acceptors (Lipinski definition) is 2.